The van der Waals surface area contributed by atoms with E-state index < -0.39 is 0 Å². The molecule has 2 aliphatic rings. The molecule has 2 aliphatic heterocycles. The molecule has 1 aromatic carbocycles. The van der Waals surface area contributed by atoms with Crippen molar-refractivity contribution in [1.82, 2.24) is 4.90 Å². The van der Waals surface area contributed by atoms with Crippen molar-refractivity contribution in [3.05, 3.63) is 29.8 Å². The lowest BCUT2D eigenvalue weighted by Gasteiger charge is -2.29. The summed E-state index contributed by atoms with van der Waals surface area (Å²) in [5, 5.41) is 0. The molecule has 0 spiro atoms. The fourth-order valence-corrected chi connectivity index (χ4v) is 3.58. The molecule has 0 aliphatic carbocycles. The fraction of sp³-hybridized carbons (Fsp3) is 0.611. The molecule has 0 bridgehead atoms. The first-order valence-electron chi connectivity index (χ1n) is 8.35. The molecule has 2 atom stereocenters. The molecule has 0 aromatic heterocycles. The average molecular weight is 302 g/mol. The van der Waals surface area contributed by atoms with Crippen molar-refractivity contribution in [2.75, 3.05) is 25.1 Å². The predicted octanol–water partition coefficient (Wildman–Crippen LogP) is 2.81. The van der Waals surface area contributed by atoms with Crippen LogP contribution in [0.5, 0.6) is 0 Å². The van der Waals surface area contributed by atoms with Crippen LogP contribution in [0, 0.1) is 0 Å². The predicted molar refractivity (Wildman–Crippen MR) is 87.9 cm³/mol. The van der Waals surface area contributed by atoms with E-state index in [4.69, 9.17) is 4.74 Å². The lowest BCUT2D eigenvalue weighted by Crippen LogP contribution is -2.42. The van der Waals surface area contributed by atoms with E-state index in [0.717, 1.165) is 32.4 Å². The van der Waals surface area contributed by atoms with Gasteiger partial charge in [0.05, 0.1) is 6.10 Å². The van der Waals surface area contributed by atoms with E-state index in [9.17, 15) is 4.79 Å². The Hall–Kier alpha value is -1.55. The highest BCUT2D eigenvalue weighted by Crippen LogP contribution is 2.27. The monoisotopic (exact) mass is 302 g/mol. The van der Waals surface area contributed by atoms with Crippen LogP contribution in [0.1, 0.15) is 38.2 Å². The van der Waals surface area contributed by atoms with Crippen LogP contribution in [0.3, 0.4) is 0 Å². The maximum Gasteiger partial charge on any atom is 0.223 e. The summed E-state index contributed by atoms with van der Waals surface area (Å²) in [6.07, 6.45) is 3.99. The van der Waals surface area contributed by atoms with Gasteiger partial charge in [-0.2, -0.15) is 0 Å². The number of benzene rings is 1. The van der Waals surface area contributed by atoms with E-state index in [2.05, 4.69) is 43.1 Å². The summed E-state index contributed by atoms with van der Waals surface area (Å²) < 4.78 is 5.64. The SMILES string of the molecule is CC1CN(C)c2ccccc2CN1C(=O)CCC1CCCO1. The summed E-state index contributed by atoms with van der Waals surface area (Å²) >= 11 is 0. The van der Waals surface area contributed by atoms with Gasteiger partial charge in [0.1, 0.15) is 0 Å². The minimum atomic E-state index is 0.231. The van der Waals surface area contributed by atoms with Crippen molar-refractivity contribution in [2.45, 2.75) is 51.3 Å². The van der Waals surface area contributed by atoms with Gasteiger partial charge in [-0.1, -0.05) is 18.2 Å². The van der Waals surface area contributed by atoms with Gasteiger partial charge >= 0.3 is 0 Å². The normalized spacial score (nSPS) is 25.0. The van der Waals surface area contributed by atoms with E-state index in [0.29, 0.717) is 19.1 Å². The maximum atomic E-state index is 12.7. The number of nitrogens with zero attached hydrogens (tertiary/aromatic N) is 2. The standard InChI is InChI=1S/C18H26N2O2/c1-14-12-19(2)17-8-4-3-6-15(17)13-20(14)18(21)10-9-16-7-5-11-22-16/h3-4,6,8,14,16H,5,7,9-13H2,1-2H3. The van der Waals surface area contributed by atoms with Crippen molar-refractivity contribution in [3.8, 4) is 0 Å². The van der Waals surface area contributed by atoms with Gasteiger partial charge in [-0.3, -0.25) is 4.79 Å². The van der Waals surface area contributed by atoms with Crippen LogP contribution in [0.2, 0.25) is 0 Å². The van der Waals surface area contributed by atoms with Gasteiger partial charge in [0.2, 0.25) is 5.91 Å². The quantitative estimate of drug-likeness (QED) is 0.861. The smallest absolute Gasteiger partial charge is 0.223 e. The molecule has 2 unspecified atom stereocenters. The second kappa shape index (κ2) is 6.69. The first-order chi connectivity index (χ1) is 10.6. The van der Waals surface area contributed by atoms with Crippen LogP contribution in [-0.2, 0) is 16.1 Å². The van der Waals surface area contributed by atoms with Crippen LogP contribution in [0.15, 0.2) is 24.3 Å². The van der Waals surface area contributed by atoms with Crippen molar-refractivity contribution in [1.29, 1.82) is 0 Å². The summed E-state index contributed by atoms with van der Waals surface area (Å²) in [5.74, 6) is 0.258. The zero-order valence-electron chi connectivity index (χ0n) is 13.6. The zero-order valence-corrected chi connectivity index (χ0v) is 13.6. The minimum Gasteiger partial charge on any atom is -0.378 e. The first-order valence-corrected chi connectivity index (χ1v) is 8.35. The van der Waals surface area contributed by atoms with Gasteiger partial charge in [-0.05, 0) is 37.8 Å². The highest BCUT2D eigenvalue weighted by molar-refractivity contribution is 5.77. The molecule has 1 aromatic rings. The topological polar surface area (TPSA) is 32.8 Å². The van der Waals surface area contributed by atoms with Crippen LogP contribution >= 0.6 is 0 Å². The number of anilines is 1. The molecule has 1 amide bonds. The number of likely N-dealkylation sites (N-methyl/N-ethyl adjacent to an activating group) is 1. The number of para-hydroxylation sites is 1. The summed E-state index contributed by atoms with van der Waals surface area (Å²) in [4.78, 5) is 17.0. The van der Waals surface area contributed by atoms with Gasteiger partial charge in [0, 0.05) is 44.9 Å². The van der Waals surface area contributed by atoms with Gasteiger partial charge in [-0.15, -0.1) is 0 Å². The molecule has 4 nitrogen and oxygen atoms in total. The van der Waals surface area contributed by atoms with Crippen LogP contribution in [-0.4, -0.2) is 43.2 Å². The molecule has 0 saturated carbocycles. The third-order valence-corrected chi connectivity index (χ3v) is 4.84. The van der Waals surface area contributed by atoms with Gasteiger partial charge in [0.25, 0.3) is 0 Å². The largest absolute Gasteiger partial charge is 0.378 e. The van der Waals surface area contributed by atoms with Crippen molar-refractivity contribution < 1.29 is 9.53 Å². The number of hydrogen-bond donors (Lipinski definition) is 0. The molecule has 120 valence electrons. The number of amides is 1. The molecule has 0 N–H and O–H groups in total. The zero-order chi connectivity index (χ0) is 15.5. The van der Waals surface area contributed by atoms with Crippen LogP contribution < -0.4 is 4.90 Å². The first kappa shape index (κ1) is 15.3. The maximum absolute atomic E-state index is 12.7. The van der Waals surface area contributed by atoms with E-state index in [-0.39, 0.29) is 11.9 Å². The van der Waals surface area contributed by atoms with E-state index >= 15 is 0 Å². The molecule has 22 heavy (non-hydrogen) atoms. The average Bonchev–Trinajstić information content (AvgIpc) is 2.99. The number of carbonyl (C=O) groups is 1. The fourth-order valence-electron chi connectivity index (χ4n) is 3.58. The Morgan fingerprint density at radius 2 is 2.18 bits per heavy atom. The molecule has 0 radical (unpaired) electrons. The Morgan fingerprint density at radius 3 is 2.95 bits per heavy atom. The van der Waals surface area contributed by atoms with Gasteiger partial charge < -0.3 is 14.5 Å². The molecule has 3 rings (SSSR count). The van der Waals surface area contributed by atoms with E-state index in [1.165, 1.54) is 11.3 Å². The summed E-state index contributed by atoms with van der Waals surface area (Å²) in [5.41, 5.74) is 2.48. The van der Waals surface area contributed by atoms with Crippen LogP contribution in [0.4, 0.5) is 5.69 Å². The van der Waals surface area contributed by atoms with Crippen LogP contribution in [0.25, 0.3) is 0 Å². The highest BCUT2D eigenvalue weighted by atomic mass is 16.5. The third-order valence-electron chi connectivity index (χ3n) is 4.84. The number of fused-ring (bicyclic) bond motifs is 1. The number of rotatable bonds is 3. The molecule has 1 saturated heterocycles. The molecule has 4 heteroatoms. The second-order valence-corrected chi connectivity index (χ2v) is 6.55. The number of carbonyl (C=O) groups excluding carboxylic acids is 1. The van der Waals surface area contributed by atoms with Crippen molar-refractivity contribution in [2.24, 2.45) is 0 Å². The minimum absolute atomic E-state index is 0.231. The second-order valence-electron chi connectivity index (χ2n) is 6.55. The number of ether oxygens (including phenoxy) is 1. The van der Waals surface area contributed by atoms with Crippen molar-refractivity contribution in [3.63, 3.8) is 0 Å². The van der Waals surface area contributed by atoms with Gasteiger partial charge in [-0.25, -0.2) is 0 Å². The highest BCUT2D eigenvalue weighted by Gasteiger charge is 2.27. The van der Waals surface area contributed by atoms with Crippen molar-refractivity contribution >= 4 is 11.6 Å². The Balaban J connectivity index is 1.68. The Kier molecular flexibility index (Phi) is 4.67. The van der Waals surface area contributed by atoms with E-state index in [1.54, 1.807) is 0 Å². The summed E-state index contributed by atoms with van der Waals surface area (Å²) in [6, 6.07) is 8.62. The lowest BCUT2D eigenvalue weighted by atomic mass is 10.1. The summed E-state index contributed by atoms with van der Waals surface area (Å²) in [6.45, 7) is 4.60. The molecule has 2 heterocycles. The third kappa shape index (κ3) is 3.27. The number of hydrogen-bond acceptors (Lipinski definition) is 3. The molecule has 1 fully saturated rings. The summed E-state index contributed by atoms with van der Waals surface area (Å²) in [7, 11) is 2.11. The van der Waals surface area contributed by atoms with E-state index in [1.807, 2.05) is 4.90 Å². The Labute approximate surface area is 133 Å². The van der Waals surface area contributed by atoms with Gasteiger partial charge in [0.15, 0.2) is 0 Å². The molecular weight excluding hydrogens is 276 g/mol. The Morgan fingerprint density at radius 1 is 1.36 bits per heavy atom. The molecular formula is C18H26N2O2. The lowest BCUT2D eigenvalue weighted by molar-refractivity contribution is -0.134. The Bertz CT molecular complexity index is 526.